The molecule has 9 heteroatoms. The van der Waals surface area contributed by atoms with E-state index in [0.29, 0.717) is 17.4 Å². The van der Waals surface area contributed by atoms with E-state index in [4.69, 9.17) is 14.5 Å². The third-order valence-electron chi connectivity index (χ3n) is 8.85. The van der Waals surface area contributed by atoms with E-state index < -0.39 is 0 Å². The van der Waals surface area contributed by atoms with Gasteiger partial charge in [-0.3, -0.25) is 4.79 Å². The van der Waals surface area contributed by atoms with Crippen molar-refractivity contribution in [2.45, 2.75) is 25.2 Å². The summed E-state index contributed by atoms with van der Waals surface area (Å²) >= 11 is 0. The minimum atomic E-state index is -0.107. The molecule has 0 saturated carbocycles. The van der Waals surface area contributed by atoms with Crippen molar-refractivity contribution in [1.82, 2.24) is 19.8 Å². The maximum Gasteiger partial charge on any atom is 0.228 e. The number of carbonyl (C=O) groups excluding carboxylic acids is 1. The normalized spacial score (nSPS) is 16.4. The van der Waals surface area contributed by atoms with Gasteiger partial charge in [0.05, 0.1) is 26.3 Å². The Morgan fingerprint density at radius 1 is 0.978 bits per heavy atom. The predicted octanol–water partition coefficient (Wildman–Crippen LogP) is 5.08. The van der Waals surface area contributed by atoms with E-state index in [-0.39, 0.29) is 18.2 Å². The minimum absolute atomic E-state index is 0.107. The standard InChI is InChI=1S/C36H42N6O3/c1-41-17-19-42(20-18-41)16-6-15-37-36-38-24-27-21-32(30-7-4-5-8-31(30)35(27)40-36)25-9-12-28(13-10-25)39-34(43)22-26-11-14-29(44-2)23-33(26)45-3/h4-5,7-14,23-24,32H,6,15-22H2,1-3H3,(H,39,43)(H,37,38,40). The van der Waals surface area contributed by atoms with E-state index in [1.165, 1.54) is 11.1 Å². The van der Waals surface area contributed by atoms with Crippen LogP contribution >= 0.6 is 0 Å². The Hall–Kier alpha value is -4.47. The molecule has 6 rings (SSSR count). The fourth-order valence-electron chi connectivity index (χ4n) is 6.27. The van der Waals surface area contributed by atoms with Gasteiger partial charge in [-0.05, 0) is 61.3 Å². The Morgan fingerprint density at radius 3 is 2.56 bits per heavy atom. The summed E-state index contributed by atoms with van der Waals surface area (Å²) in [5.41, 5.74) is 7.31. The number of anilines is 2. The number of likely N-dealkylation sites (N-methyl/N-ethyl adjacent to an activating group) is 1. The summed E-state index contributed by atoms with van der Waals surface area (Å²) in [5, 5.41) is 6.48. The first-order valence-electron chi connectivity index (χ1n) is 15.7. The molecule has 1 amide bonds. The molecule has 4 aromatic rings. The van der Waals surface area contributed by atoms with E-state index in [9.17, 15) is 4.79 Å². The van der Waals surface area contributed by atoms with Crippen LogP contribution in [0.2, 0.25) is 0 Å². The van der Waals surface area contributed by atoms with Crippen molar-refractivity contribution in [3.8, 4) is 22.8 Å². The van der Waals surface area contributed by atoms with Crippen LogP contribution in [0, 0.1) is 0 Å². The molecule has 9 nitrogen and oxygen atoms in total. The van der Waals surface area contributed by atoms with E-state index >= 15 is 0 Å². The number of piperazine rings is 1. The number of hydrogen-bond acceptors (Lipinski definition) is 8. The highest BCUT2D eigenvalue weighted by Gasteiger charge is 2.27. The number of benzene rings is 3. The van der Waals surface area contributed by atoms with Gasteiger partial charge in [0.1, 0.15) is 11.5 Å². The quantitative estimate of drug-likeness (QED) is 0.229. The van der Waals surface area contributed by atoms with Gasteiger partial charge in [-0.25, -0.2) is 9.97 Å². The SMILES string of the molecule is COc1ccc(CC(=O)Nc2ccc(C3Cc4cnc(NCCCN5CCN(C)CC5)nc4-c4ccccc43)cc2)c(OC)c1. The predicted molar refractivity (Wildman–Crippen MR) is 178 cm³/mol. The number of amides is 1. The molecule has 3 aromatic carbocycles. The summed E-state index contributed by atoms with van der Waals surface area (Å²) < 4.78 is 10.7. The number of rotatable bonds is 11. The monoisotopic (exact) mass is 606 g/mol. The lowest BCUT2D eigenvalue weighted by Crippen LogP contribution is -2.44. The highest BCUT2D eigenvalue weighted by molar-refractivity contribution is 5.92. The summed E-state index contributed by atoms with van der Waals surface area (Å²) in [6.45, 7) is 6.51. The van der Waals surface area contributed by atoms with Crippen molar-refractivity contribution >= 4 is 17.5 Å². The van der Waals surface area contributed by atoms with Gasteiger partial charge in [0, 0.05) is 67.7 Å². The topological polar surface area (TPSA) is 91.8 Å². The molecule has 0 radical (unpaired) electrons. The molecule has 0 spiro atoms. The molecule has 1 unspecified atom stereocenters. The lowest BCUT2D eigenvalue weighted by molar-refractivity contribution is -0.115. The van der Waals surface area contributed by atoms with Gasteiger partial charge in [-0.15, -0.1) is 0 Å². The molecule has 234 valence electrons. The van der Waals surface area contributed by atoms with E-state index in [1.54, 1.807) is 20.3 Å². The van der Waals surface area contributed by atoms with Crippen molar-refractivity contribution in [2.75, 3.05) is 71.2 Å². The molecule has 45 heavy (non-hydrogen) atoms. The van der Waals surface area contributed by atoms with Crippen LogP contribution < -0.4 is 20.1 Å². The van der Waals surface area contributed by atoms with Crippen molar-refractivity contribution in [3.05, 3.63) is 95.2 Å². The van der Waals surface area contributed by atoms with E-state index in [0.717, 1.165) is 80.2 Å². The maximum atomic E-state index is 12.9. The van der Waals surface area contributed by atoms with E-state index in [1.807, 2.05) is 30.5 Å². The molecular weight excluding hydrogens is 564 g/mol. The zero-order valence-corrected chi connectivity index (χ0v) is 26.4. The molecular formula is C36H42N6O3. The maximum absolute atomic E-state index is 12.9. The van der Waals surface area contributed by atoms with Crippen LogP contribution in [0.15, 0.2) is 72.9 Å². The number of aromatic nitrogens is 2. The summed E-state index contributed by atoms with van der Waals surface area (Å²) in [4.78, 5) is 27.4. The van der Waals surface area contributed by atoms with Crippen molar-refractivity contribution in [2.24, 2.45) is 0 Å². The Balaban J connectivity index is 1.09. The second kappa shape index (κ2) is 14.1. The Bertz CT molecular complexity index is 1620. The Morgan fingerprint density at radius 2 is 1.78 bits per heavy atom. The van der Waals surface area contributed by atoms with Crippen LogP contribution in [0.5, 0.6) is 11.5 Å². The highest BCUT2D eigenvalue weighted by atomic mass is 16.5. The first-order valence-corrected chi connectivity index (χ1v) is 15.7. The van der Waals surface area contributed by atoms with Crippen LogP contribution in [0.25, 0.3) is 11.3 Å². The fourth-order valence-corrected chi connectivity index (χ4v) is 6.27. The van der Waals surface area contributed by atoms with Gasteiger partial charge in [-0.1, -0.05) is 42.5 Å². The van der Waals surface area contributed by atoms with Gasteiger partial charge in [0.25, 0.3) is 0 Å². The third-order valence-corrected chi connectivity index (χ3v) is 8.85. The second-order valence-electron chi connectivity index (χ2n) is 11.9. The summed E-state index contributed by atoms with van der Waals surface area (Å²) in [6.07, 6.45) is 4.07. The van der Waals surface area contributed by atoms with Crippen LogP contribution in [0.4, 0.5) is 11.6 Å². The van der Waals surface area contributed by atoms with Crippen LogP contribution in [-0.2, 0) is 17.6 Å². The van der Waals surface area contributed by atoms with Gasteiger partial charge in [0.15, 0.2) is 0 Å². The number of fused-ring (bicyclic) bond motifs is 3. The lowest BCUT2D eigenvalue weighted by Gasteiger charge is -2.32. The fraction of sp³-hybridized carbons (Fsp3) is 0.361. The average molecular weight is 607 g/mol. The third kappa shape index (κ3) is 7.27. The van der Waals surface area contributed by atoms with Gasteiger partial charge < -0.3 is 29.9 Å². The van der Waals surface area contributed by atoms with E-state index in [2.05, 4.69) is 68.9 Å². The molecule has 1 aliphatic heterocycles. The second-order valence-corrected chi connectivity index (χ2v) is 11.9. The highest BCUT2D eigenvalue weighted by Crippen LogP contribution is 2.42. The molecule has 1 aliphatic carbocycles. The Labute approximate surface area is 265 Å². The molecule has 0 bridgehead atoms. The Kier molecular flexibility index (Phi) is 9.57. The zero-order chi connectivity index (χ0) is 31.2. The molecule has 2 heterocycles. The van der Waals surface area contributed by atoms with Crippen LogP contribution in [-0.4, -0.2) is 86.2 Å². The number of carbonyl (C=O) groups is 1. The number of nitrogens with zero attached hydrogens (tertiary/aromatic N) is 4. The molecule has 1 aromatic heterocycles. The molecule has 1 saturated heterocycles. The summed E-state index contributed by atoms with van der Waals surface area (Å²) in [6, 6.07) is 22.2. The van der Waals surface area contributed by atoms with Crippen LogP contribution in [0.1, 0.15) is 34.6 Å². The molecule has 1 atom stereocenters. The largest absolute Gasteiger partial charge is 0.497 e. The van der Waals surface area contributed by atoms with Gasteiger partial charge in [-0.2, -0.15) is 0 Å². The first-order chi connectivity index (χ1) is 22.0. The van der Waals surface area contributed by atoms with Gasteiger partial charge in [0.2, 0.25) is 11.9 Å². The van der Waals surface area contributed by atoms with Crippen molar-refractivity contribution in [3.63, 3.8) is 0 Å². The van der Waals surface area contributed by atoms with Crippen molar-refractivity contribution in [1.29, 1.82) is 0 Å². The first kappa shape index (κ1) is 30.6. The number of nitrogens with one attached hydrogen (secondary N) is 2. The smallest absolute Gasteiger partial charge is 0.228 e. The van der Waals surface area contributed by atoms with Crippen LogP contribution in [0.3, 0.4) is 0 Å². The molecule has 1 fully saturated rings. The molecule has 2 N–H and O–H groups in total. The number of hydrogen-bond donors (Lipinski definition) is 2. The van der Waals surface area contributed by atoms with Crippen molar-refractivity contribution < 1.29 is 14.3 Å². The van der Waals surface area contributed by atoms with Gasteiger partial charge >= 0.3 is 0 Å². The summed E-state index contributed by atoms with van der Waals surface area (Å²) in [7, 11) is 5.39. The number of ether oxygens (including phenoxy) is 2. The summed E-state index contributed by atoms with van der Waals surface area (Å²) in [5.74, 6) is 2.07. The zero-order valence-electron chi connectivity index (χ0n) is 26.4. The molecule has 2 aliphatic rings. The lowest BCUT2D eigenvalue weighted by atomic mass is 9.78. The minimum Gasteiger partial charge on any atom is -0.497 e. The average Bonchev–Trinajstić information content (AvgIpc) is 3.07. The number of methoxy groups -OCH3 is 2.